The van der Waals surface area contributed by atoms with Gasteiger partial charge >= 0.3 is 0 Å². The number of aryl methyl sites for hydroxylation is 1. The highest BCUT2D eigenvalue weighted by molar-refractivity contribution is 6.30. The Labute approximate surface area is 215 Å². The number of fused-ring (bicyclic) bond motifs is 2. The van der Waals surface area contributed by atoms with Crippen molar-refractivity contribution in [2.75, 3.05) is 6.54 Å². The third kappa shape index (κ3) is 4.85. The third-order valence-electron chi connectivity index (χ3n) is 7.50. The maximum atomic E-state index is 11.4. The van der Waals surface area contributed by atoms with Gasteiger partial charge in [-0.25, -0.2) is 5.48 Å². The predicted octanol–water partition coefficient (Wildman–Crippen LogP) is 6.02. The minimum atomic E-state index is -0.535. The van der Waals surface area contributed by atoms with Crippen LogP contribution in [0.2, 0.25) is 5.15 Å². The molecular formula is C29H31ClN4O2. The molecule has 0 aliphatic heterocycles. The quantitative estimate of drug-likeness (QED) is 0.135. The van der Waals surface area contributed by atoms with Gasteiger partial charge in [-0.15, -0.1) is 0 Å². The average molecular weight is 503 g/mol. The first-order valence-electron chi connectivity index (χ1n) is 12.3. The van der Waals surface area contributed by atoms with Crippen LogP contribution in [0.4, 0.5) is 0 Å². The van der Waals surface area contributed by atoms with E-state index in [1.54, 1.807) is 11.6 Å². The highest BCUT2D eigenvalue weighted by Gasteiger charge is 2.29. The van der Waals surface area contributed by atoms with E-state index in [0.29, 0.717) is 11.2 Å². The van der Waals surface area contributed by atoms with Crippen LogP contribution < -0.4 is 5.48 Å². The van der Waals surface area contributed by atoms with Crippen LogP contribution in [0.1, 0.15) is 51.5 Å². The Bertz CT molecular complexity index is 1430. The van der Waals surface area contributed by atoms with Crippen LogP contribution in [-0.2, 0) is 24.2 Å². The van der Waals surface area contributed by atoms with Crippen molar-refractivity contribution in [1.29, 1.82) is 0 Å². The predicted molar refractivity (Wildman–Crippen MR) is 144 cm³/mol. The molecule has 0 bridgehead atoms. The fourth-order valence-electron chi connectivity index (χ4n) is 5.33. The SMILES string of the molecule is Cc1c(Cl)[nH]c(CN(CCc2c[nH]c3ccccc23)C2CCc3cc(/C=C/C(=O)NO)ccc32)c1C. The Morgan fingerprint density at radius 2 is 2.06 bits per heavy atom. The Kier molecular flexibility index (Phi) is 7.01. The minimum absolute atomic E-state index is 0.297. The van der Waals surface area contributed by atoms with E-state index in [1.165, 1.54) is 44.9 Å². The van der Waals surface area contributed by atoms with E-state index in [-0.39, 0.29) is 0 Å². The third-order valence-corrected chi connectivity index (χ3v) is 7.88. The standard InChI is InChI=1S/C29H31ClN4O2/c1-18-19(2)29(30)32-26(18)17-34(14-13-22-16-31-25-6-4-3-5-23(22)25)27-11-9-21-15-20(7-10-24(21)27)8-12-28(35)33-36/h3-8,10,12,15-16,27,31-32,36H,9,11,13-14,17H2,1-2H3,(H,33,35)/b12-8+. The van der Waals surface area contributed by atoms with Gasteiger partial charge in [-0.1, -0.05) is 48.0 Å². The van der Waals surface area contributed by atoms with Gasteiger partial charge in [-0.3, -0.25) is 14.9 Å². The minimum Gasteiger partial charge on any atom is -0.361 e. The molecular weight excluding hydrogens is 472 g/mol. The maximum absolute atomic E-state index is 11.4. The molecule has 1 atom stereocenters. The molecule has 7 heteroatoms. The summed E-state index contributed by atoms with van der Waals surface area (Å²) >= 11 is 6.43. The summed E-state index contributed by atoms with van der Waals surface area (Å²) in [5.41, 5.74) is 11.2. The number of hydrogen-bond donors (Lipinski definition) is 4. The molecule has 2 heterocycles. The van der Waals surface area contributed by atoms with Gasteiger partial charge in [0.05, 0.1) is 0 Å². The molecule has 1 aliphatic rings. The molecule has 0 saturated heterocycles. The van der Waals surface area contributed by atoms with Crippen molar-refractivity contribution in [3.05, 3.63) is 99.0 Å². The zero-order valence-electron chi connectivity index (χ0n) is 20.6. The van der Waals surface area contributed by atoms with Crippen LogP contribution in [0.3, 0.4) is 0 Å². The van der Waals surface area contributed by atoms with Crippen LogP contribution in [0, 0.1) is 13.8 Å². The Hall–Kier alpha value is -3.32. The second kappa shape index (κ2) is 10.3. The number of carbonyl (C=O) groups is 1. The second-order valence-electron chi connectivity index (χ2n) is 9.57. The molecule has 4 N–H and O–H groups in total. The first-order chi connectivity index (χ1) is 17.4. The number of benzene rings is 2. The highest BCUT2D eigenvalue weighted by Crippen LogP contribution is 2.38. The number of aromatic amines is 2. The van der Waals surface area contributed by atoms with Gasteiger partial charge in [0, 0.05) is 48.0 Å². The average Bonchev–Trinajstić information content (AvgIpc) is 3.57. The first-order valence-corrected chi connectivity index (χ1v) is 12.7. The maximum Gasteiger partial charge on any atom is 0.267 e. The van der Waals surface area contributed by atoms with Gasteiger partial charge in [-0.05, 0) is 78.6 Å². The van der Waals surface area contributed by atoms with E-state index in [2.05, 4.69) is 71.3 Å². The molecule has 1 unspecified atom stereocenters. The van der Waals surface area contributed by atoms with Crippen molar-refractivity contribution in [3.63, 3.8) is 0 Å². The Balaban J connectivity index is 1.42. The molecule has 5 rings (SSSR count). The van der Waals surface area contributed by atoms with Crippen LogP contribution in [-0.4, -0.2) is 32.5 Å². The van der Waals surface area contributed by atoms with Crippen LogP contribution in [0.15, 0.2) is 54.7 Å². The van der Waals surface area contributed by atoms with E-state index in [9.17, 15) is 4.79 Å². The molecule has 1 aliphatic carbocycles. The summed E-state index contributed by atoms with van der Waals surface area (Å²) in [5.74, 6) is -0.535. The molecule has 186 valence electrons. The second-order valence-corrected chi connectivity index (χ2v) is 9.95. The molecule has 2 aromatic carbocycles. The normalized spacial score (nSPS) is 15.3. The molecule has 0 radical (unpaired) electrons. The lowest BCUT2D eigenvalue weighted by Crippen LogP contribution is -2.30. The van der Waals surface area contributed by atoms with Gasteiger partial charge in [0.1, 0.15) is 5.15 Å². The number of H-pyrrole nitrogens is 2. The lowest BCUT2D eigenvalue weighted by molar-refractivity contribution is -0.124. The monoisotopic (exact) mass is 502 g/mol. The van der Waals surface area contributed by atoms with Crippen LogP contribution in [0.25, 0.3) is 17.0 Å². The van der Waals surface area contributed by atoms with E-state index < -0.39 is 5.91 Å². The summed E-state index contributed by atoms with van der Waals surface area (Å²) in [7, 11) is 0. The van der Waals surface area contributed by atoms with E-state index in [1.807, 2.05) is 6.07 Å². The Morgan fingerprint density at radius 3 is 2.83 bits per heavy atom. The van der Waals surface area contributed by atoms with Crippen LogP contribution >= 0.6 is 11.6 Å². The lowest BCUT2D eigenvalue weighted by Gasteiger charge is -2.30. The van der Waals surface area contributed by atoms with Gasteiger partial charge in [0.25, 0.3) is 5.91 Å². The van der Waals surface area contributed by atoms with Gasteiger partial charge < -0.3 is 9.97 Å². The van der Waals surface area contributed by atoms with Crippen molar-refractivity contribution in [3.8, 4) is 0 Å². The van der Waals surface area contributed by atoms with Gasteiger partial charge in [-0.2, -0.15) is 0 Å². The molecule has 2 aromatic heterocycles. The molecule has 6 nitrogen and oxygen atoms in total. The fourth-order valence-corrected chi connectivity index (χ4v) is 5.58. The van der Waals surface area contributed by atoms with Crippen molar-refractivity contribution in [1.82, 2.24) is 20.3 Å². The number of aromatic nitrogens is 2. The molecule has 36 heavy (non-hydrogen) atoms. The smallest absolute Gasteiger partial charge is 0.267 e. The number of rotatable bonds is 8. The van der Waals surface area contributed by atoms with Crippen molar-refractivity contribution in [2.24, 2.45) is 0 Å². The number of nitrogens with one attached hydrogen (secondary N) is 3. The number of carbonyl (C=O) groups excluding carboxylic acids is 1. The van der Waals surface area contributed by atoms with Crippen LogP contribution in [0.5, 0.6) is 0 Å². The van der Waals surface area contributed by atoms with Gasteiger partial charge in [0.15, 0.2) is 0 Å². The highest BCUT2D eigenvalue weighted by atomic mass is 35.5. The lowest BCUT2D eigenvalue weighted by atomic mass is 10.0. The van der Waals surface area contributed by atoms with Gasteiger partial charge in [0.2, 0.25) is 0 Å². The zero-order chi connectivity index (χ0) is 25.2. The number of halogens is 1. The summed E-state index contributed by atoms with van der Waals surface area (Å²) in [6, 6.07) is 15.1. The molecule has 4 aromatic rings. The topological polar surface area (TPSA) is 84.2 Å². The number of nitrogens with zero attached hydrogens (tertiary/aromatic N) is 1. The zero-order valence-corrected chi connectivity index (χ0v) is 21.3. The van der Waals surface area contributed by atoms with Crippen molar-refractivity contribution < 1.29 is 10.0 Å². The number of para-hydroxylation sites is 1. The molecule has 0 fully saturated rings. The fraction of sp³-hybridized carbons (Fsp3) is 0.276. The number of hydrogen-bond acceptors (Lipinski definition) is 3. The summed E-state index contributed by atoms with van der Waals surface area (Å²) in [5, 5.41) is 10.7. The van der Waals surface area contributed by atoms with Crippen molar-refractivity contribution >= 4 is 34.5 Å². The Morgan fingerprint density at radius 1 is 1.22 bits per heavy atom. The van der Waals surface area contributed by atoms with Crippen molar-refractivity contribution in [2.45, 2.75) is 45.7 Å². The molecule has 1 amide bonds. The largest absolute Gasteiger partial charge is 0.361 e. The van der Waals surface area contributed by atoms with E-state index in [0.717, 1.165) is 43.5 Å². The summed E-state index contributed by atoms with van der Waals surface area (Å²) in [6.07, 6.45) is 8.16. The number of hydroxylamine groups is 1. The molecule has 0 saturated carbocycles. The van der Waals surface area contributed by atoms with E-state index in [4.69, 9.17) is 16.8 Å². The van der Waals surface area contributed by atoms with E-state index >= 15 is 0 Å². The molecule has 0 spiro atoms. The first kappa shape index (κ1) is 24.4. The summed E-state index contributed by atoms with van der Waals surface area (Å²) in [6.45, 7) is 5.91. The summed E-state index contributed by atoms with van der Waals surface area (Å²) < 4.78 is 0. The summed E-state index contributed by atoms with van der Waals surface area (Å²) in [4.78, 5) is 20.7. The number of amides is 1.